The Morgan fingerprint density at radius 1 is 1.35 bits per heavy atom. The van der Waals surface area contributed by atoms with Crippen molar-refractivity contribution in [1.82, 2.24) is 24.7 Å². The summed E-state index contributed by atoms with van der Waals surface area (Å²) in [7, 11) is 3.63. The number of hydrogen-bond donors (Lipinski definition) is 1. The molecule has 0 aliphatic carbocycles. The molecule has 7 heteroatoms. The minimum Gasteiger partial charge on any atom is -0.359 e. The van der Waals surface area contributed by atoms with Crippen molar-refractivity contribution in [2.45, 2.75) is 26.3 Å². The van der Waals surface area contributed by atoms with Crippen LogP contribution in [0.1, 0.15) is 19.2 Å². The van der Waals surface area contributed by atoms with Gasteiger partial charge in [0.2, 0.25) is 11.8 Å². The fourth-order valence-corrected chi connectivity index (χ4v) is 3.00. The van der Waals surface area contributed by atoms with E-state index < -0.39 is 0 Å². The second-order valence-electron chi connectivity index (χ2n) is 6.05. The normalized spacial score (nSPS) is 19.4. The van der Waals surface area contributed by atoms with Crippen LogP contribution in [0.2, 0.25) is 0 Å². The molecule has 2 heterocycles. The van der Waals surface area contributed by atoms with Gasteiger partial charge in [-0.25, -0.2) is 4.98 Å². The van der Waals surface area contributed by atoms with Crippen molar-refractivity contribution in [3.8, 4) is 0 Å². The number of carbonyl (C=O) groups excluding carboxylic acids is 2. The molecule has 1 aliphatic rings. The fraction of sp³-hybridized carbons (Fsp3) is 0.688. The third kappa shape index (κ3) is 4.54. The van der Waals surface area contributed by atoms with Crippen LogP contribution in [0.15, 0.2) is 12.4 Å². The molecule has 0 bridgehead atoms. The Labute approximate surface area is 137 Å². The summed E-state index contributed by atoms with van der Waals surface area (Å²) in [6, 6.07) is 0. The molecule has 1 aromatic rings. The number of nitrogens with zero attached hydrogens (tertiary/aromatic N) is 4. The molecule has 1 fully saturated rings. The molecule has 7 nitrogen and oxygen atoms in total. The van der Waals surface area contributed by atoms with E-state index in [4.69, 9.17) is 0 Å². The van der Waals surface area contributed by atoms with Crippen LogP contribution in [0.5, 0.6) is 0 Å². The smallest absolute Gasteiger partial charge is 0.225 e. The quantitative estimate of drug-likeness (QED) is 0.827. The van der Waals surface area contributed by atoms with Crippen LogP contribution < -0.4 is 5.32 Å². The van der Waals surface area contributed by atoms with Gasteiger partial charge in [-0.05, 0) is 7.05 Å². The van der Waals surface area contributed by atoms with Crippen molar-refractivity contribution < 1.29 is 9.59 Å². The number of carbonyl (C=O) groups is 2. The van der Waals surface area contributed by atoms with Gasteiger partial charge >= 0.3 is 0 Å². The van der Waals surface area contributed by atoms with Gasteiger partial charge in [-0.3, -0.25) is 9.59 Å². The van der Waals surface area contributed by atoms with Crippen LogP contribution >= 0.6 is 0 Å². The lowest BCUT2D eigenvalue weighted by atomic mass is 10.1. The van der Waals surface area contributed by atoms with Crippen molar-refractivity contribution in [1.29, 1.82) is 0 Å². The van der Waals surface area contributed by atoms with Gasteiger partial charge in [0.05, 0.1) is 5.92 Å². The van der Waals surface area contributed by atoms with E-state index >= 15 is 0 Å². The summed E-state index contributed by atoms with van der Waals surface area (Å²) in [5, 5.41) is 2.70. The zero-order chi connectivity index (χ0) is 16.8. The molecule has 1 unspecified atom stereocenters. The first-order valence-corrected chi connectivity index (χ1v) is 8.23. The van der Waals surface area contributed by atoms with Gasteiger partial charge in [0.15, 0.2) is 0 Å². The Morgan fingerprint density at radius 3 is 2.83 bits per heavy atom. The van der Waals surface area contributed by atoms with Crippen LogP contribution in [-0.4, -0.2) is 71.4 Å². The average Bonchev–Trinajstić information content (AvgIpc) is 2.92. The standard InChI is InChI=1S/C16H27N5O2/c1-4-14-18-6-8-20(14)7-5-15(22)21-10-9-19(3)11-13(12-21)16(23)17-2/h6,8,13H,4-5,7,9-12H2,1-3H3,(H,17,23). The molecule has 0 saturated carbocycles. The molecular weight excluding hydrogens is 294 g/mol. The van der Waals surface area contributed by atoms with E-state index in [1.165, 1.54) is 0 Å². The topological polar surface area (TPSA) is 70.5 Å². The van der Waals surface area contributed by atoms with E-state index in [-0.39, 0.29) is 17.7 Å². The van der Waals surface area contributed by atoms with Crippen LogP contribution in [0.3, 0.4) is 0 Å². The maximum atomic E-state index is 12.6. The predicted octanol–water partition coefficient (Wildman–Crippen LogP) is -0.0282. The van der Waals surface area contributed by atoms with Gasteiger partial charge in [0.1, 0.15) is 5.82 Å². The zero-order valence-corrected chi connectivity index (χ0v) is 14.3. The Hall–Kier alpha value is -1.89. The third-order valence-electron chi connectivity index (χ3n) is 4.38. The Bertz CT molecular complexity index is 542. The van der Waals surface area contributed by atoms with Crippen molar-refractivity contribution in [2.75, 3.05) is 40.3 Å². The molecule has 23 heavy (non-hydrogen) atoms. The van der Waals surface area contributed by atoms with Crippen molar-refractivity contribution in [2.24, 2.45) is 5.92 Å². The minimum atomic E-state index is -0.170. The minimum absolute atomic E-state index is 0.000529. The molecule has 2 rings (SSSR count). The lowest BCUT2D eigenvalue weighted by molar-refractivity contribution is -0.133. The highest BCUT2D eigenvalue weighted by Gasteiger charge is 2.28. The largest absolute Gasteiger partial charge is 0.359 e. The summed E-state index contributed by atoms with van der Waals surface area (Å²) in [5.41, 5.74) is 0. The van der Waals surface area contributed by atoms with E-state index in [1.807, 2.05) is 22.7 Å². The monoisotopic (exact) mass is 321 g/mol. The highest BCUT2D eigenvalue weighted by atomic mass is 16.2. The third-order valence-corrected chi connectivity index (χ3v) is 4.38. The molecule has 1 aliphatic heterocycles. The fourth-order valence-electron chi connectivity index (χ4n) is 3.00. The maximum absolute atomic E-state index is 12.6. The Morgan fingerprint density at radius 2 is 2.13 bits per heavy atom. The number of likely N-dealkylation sites (N-methyl/N-ethyl adjacent to an activating group) is 1. The predicted molar refractivity (Wildman–Crippen MR) is 87.9 cm³/mol. The maximum Gasteiger partial charge on any atom is 0.225 e. The van der Waals surface area contributed by atoms with Gasteiger partial charge in [-0.1, -0.05) is 6.92 Å². The number of amides is 2. The van der Waals surface area contributed by atoms with Gasteiger partial charge in [0, 0.05) is 65.0 Å². The Kier molecular flexibility index (Phi) is 6.15. The summed E-state index contributed by atoms with van der Waals surface area (Å²) in [6.07, 6.45) is 4.98. The molecule has 1 aromatic heterocycles. The van der Waals surface area contributed by atoms with Crippen molar-refractivity contribution in [3.05, 3.63) is 18.2 Å². The highest BCUT2D eigenvalue weighted by Crippen LogP contribution is 2.11. The molecular formula is C16H27N5O2. The number of aromatic nitrogens is 2. The first kappa shape index (κ1) is 17.5. The molecule has 0 spiro atoms. The van der Waals surface area contributed by atoms with E-state index in [0.29, 0.717) is 32.6 Å². The lowest BCUT2D eigenvalue weighted by Gasteiger charge is -2.23. The molecule has 0 aromatic carbocycles. The van der Waals surface area contributed by atoms with Crippen LogP contribution in [0.25, 0.3) is 0 Å². The molecule has 128 valence electrons. The average molecular weight is 321 g/mol. The zero-order valence-electron chi connectivity index (χ0n) is 14.3. The number of hydrogen-bond acceptors (Lipinski definition) is 4. The highest BCUT2D eigenvalue weighted by molar-refractivity contribution is 5.81. The number of nitrogens with one attached hydrogen (secondary N) is 1. The molecule has 2 amide bonds. The van der Waals surface area contributed by atoms with Crippen molar-refractivity contribution in [3.63, 3.8) is 0 Å². The number of imidazole rings is 1. The van der Waals surface area contributed by atoms with Crippen LogP contribution in [0.4, 0.5) is 0 Å². The van der Waals surface area contributed by atoms with E-state index in [2.05, 4.69) is 22.1 Å². The molecule has 1 atom stereocenters. The van der Waals surface area contributed by atoms with E-state index in [1.54, 1.807) is 13.2 Å². The summed E-state index contributed by atoms with van der Waals surface area (Å²) in [6.45, 7) is 5.34. The number of aryl methyl sites for hydroxylation is 2. The van der Waals surface area contributed by atoms with Crippen LogP contribution in [0, 0.1) is 5.92 Å². The first-order valence-electron chi connectivity index (χ1n) is 8.23. The van der Waals surface area contributed by atoms with Gasteiger partial charge in [-0.2, -0.15) is 0 Å². The summed E-state index contributed by atoms with van der Waals surface area (Å²) < 4.78 is 2.03. The van der Waals surface area contributed by atoms with Gasteiger partial charge in [-0.15, -0.1) is 0 Å². The number of rotatable bonds is 5. The summed E-state index contributed by atoms with van der Waals surface area (Å²) in [4.78, 5) is 32.7. The van der Waals surface area contributed by atoms with Gasteiger partial charge in [0.25, 0.3) is 0 Å². The van der Waals surface area contributed by atoms with Gasteiger partial charge < -0.3 is 19.7 Å². The SMILES string of the molecule is CCc1nccn1CCC(=O)N1CCN(C)CC(C(=O)NC)C1. The van der Waals surface area contributed by atoms with Crippen LogP contribution in [-0.2, 0) is 22.6 Å². The second kappa shape index (κ2) is 8.10. The lowest BCUT2D eigenvalue weighted by Crippen LogP contribution is -2.41. The molecule has 1 saturated heterocycles. The Balaban J connectivity index is 1.95. The van der Waals surface area contributed by atoms with Crippen molar-refractivity contribution >= 4 is 11.8 Å². The second-order valence-corrected chi connectivity index (χ2v) is 6.05. The van der Waals surface area contributed by atoms with E-state index in [9.17, 15) is 9.59 Å². The summed E-state index contributed by atoms with van der Waals surface area (Å²) >= 11 is 0. The molecule has 0 radical (unpaired) electrons. The van der Waals surface area contributed by atoms with E-state index in [0.717, 1.165) is 18.8 Å². The summed E-state index contributed by atoms with van der Waals surface area (Å²) in [5.74, 6) is 0.928. The molecule has 1 N–H and O–H groups in total. The first-order chi connectivity index (χ1) is 11.0.